The van der Waals surface area contributed by atoms with Crippen molar-refractivity contribution in [2.24, 2.45) is 0 Å². The van der Waals surface area contributed by atoms with Crippen LogP contribution in [0.15, 0.2) is 66.7 Å². The molecule has 1 aliphatic heterocycles. The normalized spacial score (nSPS) is 15.6. The van der Waals surface area contributed by atoms with E-state index in [0.717, 1.165) is 34.5 Å². The first-order chi connectivity index (χ1) is 14.2. The van der Waals surface area contributed by atoms with Crippen LogP contribution in [0.2, 0.25) is 0 Å². The van der Waals surface area contributed by atoms with Crippen LogP contribution in [-0.4, -0.2) is 41.6 Å². The lowest BCUT2D eigenvalue weighted by atomic mass is 10.2. The van der Waals surface area contributed by atoms with E-state index < -0.39 is 0 Å². The number of pyridine rings is 1. The van der Waals surface area contributed by atoms with Crippen LogP contribution in [0.25, 0.3) is 17.0 Å². The fourth-order valence-corrected chi connectivity index (χ4v) is 3.40. The number of carbonyl (C=O) groups excluding carboxylic acids is 1. The third-order valence-electron chi connectivity index (χ3n) is 4.81. The number of ether oxygens (including phenoxy) is 2. The molecule has 0 spiro atoms. The van der Waals surface area contributed by atoms with Crippen LogP contribution in [0.4, 0.5) is 0 Å². The molecule has 0 fully saturated rings. The van der Waals surface area contributed by atoms with Crippen molar-refractivity contribution < 1.29 is 14.3 Å². The quantitative estimate of drug-likeness (QED) is 0.590. The van der Waals surface area contributed by atoms with Gasteiger partial charge < -0.3 is 14.4 Å². The van der Waals surface area contributed by atoms with Gasteiger partial charge in [-0.25, -0.2) is 4.98 Å². The fourth-order valence-electron chi connectivity index (χ4n) is 3.40. The highest BCUT2D eigenvalue weighted by atomic mass is 16.6. The molecule has 29 heavy (non-hydrogen) atoms. The largest absolute Gasteiger partial charge is 0.486 e. The summed E-state index contributed by atoms with van der Waals surface area (Å²) in [7, 11) is 0. The minimum absolute atomic E-state index is 0.0516. The summed E-state index contributed by atoms with van der Waals surface area (Å²) in [5.74, 6) is 1.42. The first kappa shape index (κ1) is 19.0. The van der Waals surface area contributed by atoms with Crippen molar-refractivity contribution in [3.63, 3.8) is 0 Å². The first-order valence-corrected chi connectivity index (χ1v) is 9.94. The van der Waals surface area contributed by atoms with E-state index in [4.69, 9.17) is 9.47 Å². The van der Waals surface area contributed by atoms with Crippen LogP contribution in [-0.2, 0) is 4.79 Å². The molecule has 1 aliphatic rings. The van der Waals surface area contributed by atoms with Gasteiger partial charge in [-0.05, 0) is 36.8 Å². The predicted octanol–water partition coefficient (Wildman–Crippen LogP) is 4.33. The van der Waals surface area contributed by atoms with Crippen molar-refractivity contribution >= 4 is 22.9 Å². The maximum absolute atomic E-state index is 12.8. The molecule has 148 valence electrons. The summed E-state index contributed by atoms with van der Waals surface area (Å²) in [6.07, 6.45) is 4.04. The number of rotatable bonds is 6. The van der Waals surface area contributed by atoms with Gasteiger partial charge in [0.25, 0.3) is 0 Å². The van der Waals surface area contributed by atoms with Gasteiger partial charge in [0.1, 0.15) is 6.61 Å². The summed E-state index contributed by atoms with van der Waals surface area (Å²) in [6, 6.07) is 19.5. The SMILES string of the molecule is CCCN(CC1COc2ccccc2O1)C(=O)C=Cc1ccc2ccccc2n1. The van der Waals surface area contributed by atoms with E-state index in [1.54, 1.807) is 17.1 Å². The molecular formula is C24H24N2O3. The van der Waals surface area contributed by atoms with Crippen molar-refractivity contribution in [1.82, 2.24) is 9.88 Å². The zero-order valence-electron chi connectivity index (χ0n) is 16.5. The Morgan fingerprint density at radius 3 is 2.76 bits per heavy atom. The molecule has 0 radical (unpaired) electrons. The van der Waals surface area contributed by atoms with E-state index in [1.165, 1.54) is 0 Å². The maximum Gasteiger partial charge on any atom is 0.246 e. The number of carbonyl (C=O) groups is 1. The summed E-state index contributed by atoms with van der Waals surface area (Å²) < 4.78 is 11.8. The highest BCUT2D eigenvalue weighted by Crippen LogP contribution is 2.31. The summed E-state index contributed by atoms with van der Waals surface area (Å²) in [6.45, 7) is 3.63. The summed E-state index contributed by atoms with van der Waals surface area (Å²) in [5, 5.41) is 1.08. The van der Waals surface area contributed by atoms with Crippen LogP contribution < -0.4 is 9.47 Å². The molecule has 2 heterocycles. The number of amides is 1. The third-order valence-corrected chi connectivity index (χ3v) is 4.81. The highest BCUT2D eigenvalue weighted by molar-refractivity contribution is 5.92. The molecule has 1 aromatic heterocycles. The van der Waals surface area contributed by atoms with E-state index >= 15 is 0 Å². The van der Waals surface area contributed by atoms with E-state index in [-0.39, 0.29) is 12.0 Å². The van der Waals surface area contributed by atoms with Crippen LogP contribution >= 0.6 is 0 Å². The number of benzene rings is 2. The second kappa shape index (κ2) is 8.78. The molecule has 4 rings (SSSR count). The molecule has 0 aliphatic carbocycles. The Bertz CT molecular complexity index is 1030. The molecule has 0 saturated carbocycles. The standard InChI is InChI=1S/C24H24N2O3/c1-2-15-26(16-20-17-28-22-9-5-6-10-23(22)29-20)24(27)14-13-19-12-11-18-7-3-4-8-21(18)25-19/h3-14,20H,2,15-17H2,1H3. The van der Waals surface area contributed by atoms with Gasteiger partial charge in [-0.3, -0.25) is 4.79 Å². The summed E-state index contributed by atoms with van der Waals surface area (Å²) in [4.78, 5) is 19.2. The van der Waals surface area contributed by atoms with Gasteiger partial charge in [0.05, 0.1) is 17.8 Å². The molecule has 0 saturated heterocycles. The van der Waals surface area contributed by atoms with Crippen molar-refractivity contribution in [3.8, 4) is 11.5 Å². The van der Waals surface area contributed by atoms with Crippen LogP contribution in [0.3, 0.4) is 0 Å². The molecule has 0 N–H and O–H groups in total. The summed E-state index contributed by atoms with van der Waals surface area (Å²) in [5.41, 5.74) is 1.68. The number of hydrogen-bond acceptors (Lipinski definition) is 4. The van der Waals surface area contributed by atoms with E-state index in [2.05, 4.69) is 11.9 Å². The maximum atomic E-state index is 12.8. The molecule has 3 aromatic rings. The van der Waals surface area contributed by atoms with Gasteiger partial charge in [-0.2, -0.15) is 0 Å². The number of para-hydroxylation sites is 3. The fraction of sp³-hybridized carbons (Fsp3) is 0.250. The Morgan fingerprint density at radius 2 is 1.90 bits per heavy atom. The average molecular weight is 388 g/mol. The van der Waals surface area contributed by atoms with Gasteiger partial charge in [0.2, 0.25) is 5.91 Å². The molecule has 1 atom stereocenters. The van der Waals surface area contributed by atoms with Crippen LogP contribution in [0.5, 0.6) is 11.5 Å². The third kappa shape index (κ3) is 4.57. The van der Waals surface area contributed by atoms with Gasteiger partial charge in [0, 0.05) is 18.0 Å². The average Bonchev–Trinajstić information content (AvgIpc) is 2.77. The lowest BCUT2D eigenvalue weighted by Gasteiger charge is -2.30. The van der Waals surface area contributed by atoms with E-state index in [9.17, 15) is 4.79 Å². The van der Waals surface area contributed by atoms with Gasteiger partial charge in [-0.1, -0.05) is 43.3 Å². The van der Waals surface area contributed by atoms with Crippen molar-refractivity contribution in [3.05, 3.63) is 72.4 Å². The number of fused-ring (bicyclic) bond motifs is 2. The Balaban J connectivity index is 1.43. The number of hydrogen-bond donors (Lipinski definition) is 0. The zero-order valence-corrected chi connectivity index (χ0v) is 16.5. The number of nitrogens with zero attached hydrogens (tertiary/aromatic N) is 2. The second-order valence-electron chi connectivity index (χ2n) is 7.04. The molecule has 5 heteroatoms. The topological polar surface area (TPSA) is 51.7 Å². The van der Waals surface area contributed by atoms with E-state index in [1.807, 2.05) is 60.7 Å². The minimum Gasteiger partial charge on any atom is -0.486 e. The first-order valence-electron chi connectivity index (χ1n) is 9.94. The van der Waals surface area contributed by atoms with Gasteiger partial charge >= 0.3 is 0 Å². The molecule has 2 aromatic carbocycles. The van der Waals surface area contributed by atoms with Crippen molar-refractivity contribution in [2.45, 2.75) is 19.4 Å². The van der Waals surface area contributed by atoms with Crippen LogP contribution in [0, 0.1) is 0 Å². The number of aromatic nitrogens is 1. The molecule has 5 nitrogen and oxygen atoms in total. The van der Waals surface area contributed by atoms with Crippen molar-refractivity contribution in [1.29, 1.82) is 0 Å². The van der Waals surface area contributed by atoms with E-state index in [0.29, 0.717) is 19.7 Å². The lowest BCUT2D eigenvalue weighted by Crippen LogP contribution is -2.43. The predicted molar refractivity (Wildman–Crippen MR) is 114 cm³/mol. The Kier molecular flexibility index (Phi) is 5.75. The van der Waals surface area contributed by atoms with Gasteiger partial charge in [0.15, 0.2) is 17.6 Å². The molecule has 1 amide bonds. The lowest BCUT2D eigenvalue weighted by molar-refractivity contribution is -0.127. The molecule has 0 bridgehead atoms. The smallest absolute Gasteiger partial charge is 0.246 e. The molecular weight excluding hydrogens is 364 g/mol. The highest BCUT2D eigenvalue weighted by Gasteiger charge is 2.24. The molecule has 1 unspecified atom stereocenters. The zero-order chi connectivity index (χ0) is 20.1. The second-order valence-corrected chi connectivity index (χ2v) is 7.04. The monoisotopic (exact) mass is 388 g/mol. The Labute approximate surface area is 170 Å². The van der Waals surface area contributed by atoms with Crippen LogP contribution in [0.1, 0.15) is 19.0 Å². The minimum atomic E-state index is -0.187. The Hall–Kier alpha value is -3.34. The van der Waals surface area contributed by atoms with Gasteiger partial charge in [-0.15, -0.1) is 0 Å². The van der Waals surface area contributed by atoms with Crippen molar-refractivity contribution in [2.75, 3.05) is 19.7 Å². The summed E-state index contributed by atoms with van der Waals surface area (Å²) >= 11 is 0. The Morgan fingerprint density at radius 1 is 1.10 bits per heavy atom.